The number of ether oxygens (including phenoxy) is 2. The van der Waals surface area contributed by atoms with Crippen LogP contribution in [0.3, 0.4) is 0 Å². The van der Waals surface area contributed by atoms with Gasteiger partial charge in [0, 0.05) is 32.3 Å². The molecule has 174 valence electrons. The molecule has 1 aliphatic rings. The molecule has 3 rings (SSSR count). The molecule has 0 aliphatic heterocycles. The summed E-state index contributed by atoms with van der Waals surface area (Å²) in [6, 6.07) is 12.0. The van der Waals surface area contributed by atoms with Gasteiger partial charge in [-0.05, 0) is 62.4 Å². The van der Waals surface area contributed by atoms with Crippen LogP contribution in [0.15, 0.2) is 52.1 Å². The van der Waals surface area contributed by atoms with Crippen LogP contribution in [0.25, 0.3) is 0 Å². The number of hydrogen-bond donors (Lipinski definition) is 3. The Morgan fingerprint density at radius 2 is 2.03 bits per heavy atom. The van der Waals surface area contributed by atoms with Gasteiger partial charge in [-0.1, -0.05) is 12.1 Å². The molecule has 1 amide bonds. The first-order valence-electron chi connectivity index (χ1n) is 11.4. The Balaban J connectivity index is 1.29. The van der Waals surface area contributed by atoms with Gasteiger partial charge in [-0.2, -0.15) is 0 Å². The van der Waals surface area contributed by atoms with Crippen LogP contribution in [0.1, 0.15) is 37.5 Å². The van der Waals surface area contributed by atoms with Crippen LogP contribution < -0.4 is 20.7 Å². The normalized spacial score (nSPS) is 13.6. The van der Waals surface area contributed by atoms with Gasteiger partial charge in [0.1, 0.15) is 18.1 Å². The summed E-state index contributed by atoms with van der Waals surface area (Å²) in [5, 5.41) is 9.54. The average molecular weight is 443 g/mol. The van der Waals surface area contributed by atoms with E-state index in [9.17, 15) is 4.79 Å². The molecule has 32 heavy (non-hydrogen) atoms. The Bertz CT molecular complexity index is 817. The lowest BCUT2D eigenvalue weighted by molar-refractivity contribution is -0.123. The smallest absolute Gasteiger partial charge is 0.258 e. The van der Waals surface area contributed by atoms with E-state index >= 15 is 0 Å². The van der Waals surface area contributed by atoms with Crippen molar-refractivity contribution in [2.24, 2.45) is 4.99 Å². The molecule has 1 heterocycles. The van der Waals surface area contributed by atoms with Crippen LogP contribution >= 0.6 is 0 Å². The molecule has 8 nitrogen and oxygen atoms in total. The Hall–Kier alpha value is -3.00. The zero-order valence-electron chi connectivity index (χ0n) is 18.8. The molecule has 0 unspecified atom stereocenters. The monoisotopic (exact) mass is 442 g/mol. The van der Waals surface area contributed by atoms with Crippen molar-refractivity contribution in [2.45, 2.75) is 45.3 Å². The fourth-order valence-electron chi connectivity index (χ4n) is 2.99. The largest absolute Gasteiger partial charge is 0.484 e. The van der Waals surface area contributed by atoms with Crippen LogP contribution in [0.4, 0.5) is 0 Å². The van der Waals surface area contributed by atoms with Gasteiger partial charge >= 0.3 is 0 Å². The summed E-state index contributed by atoms with van der Waals surface area (Å²) in [4.78, 5) is 16.3. The Kier molecular flexibility index (Phi) is 9.92. The number of amides is 1. The second-order valence-corrected chi connectivity index (χ2v) is 7.70. The minimum Gasteiger partial charge on any atom is -0.484 e. The number of carbonyl (C=O) groups excluding carboxylic acids is 1. The zero-order valence-corrected chi connectivity index (χ0v) is 18.8. The van der Waals surface area contributed by atoms with Gasteiger partial charge in [0.25, 0.3) is 5.91 Å². The highest BCUT2D eigenvalue weighted by atomic mass is 16.5. The van der Waals surface area contributed by atoms with Gasteiger partial charge in [0.15, 0.2) is 12.6 Å². The standard InChI is InChI=1S/C24H34N4O4/c1-2-25-24(26-13-4-15-30-17-22-5-3-16-31-22)27-14-12-19-6-10-21(11-7-19)32-18-23(29)28-20-8-9-20/h3,5-7,10-11,16,20H,2,4,8-9,12-15,17-18H2,1H3,(H,28,29)(H2,25,26,27). The molecule has 1 aliphatic carbocycles. The maximum atomic E-state index is 11.7. The quantitative estimate of drug-likeness (QED) is 0.236. The lowest BCUT2D eigenvalue weighted by atomic mass is 10.1. The van der Waals surface area contributed by atoms with Crippen molar-refractivity contribution in [3.8, 4) is 5.75 Å². The van der Waals surface area contributed by atoms with Crippen molar-refractivity contribution >= 4 is 11.9 Å². The molecule has 8 heteroatoms. The lowest BCUT2D eigenvalue weighted by Gasteiger charge is -2.12. The molecule has 0 bridgehead atoms. The molecule has 0 spiro atoms. The molecule has 1 aromatic carbocycles. The second kappa shape index (κ2) is 13.4. The predicted molar refractivity (Wildman–Crippen MR) is 124 cm³/mol. The maximum Gasteiger partial charge on any atom is 0.258 e. The van der Waals surface area contributed by atoms with E-state index in [0.29, 0.717) is 31.5 Å². The van der Waals surface area contributed by atoms with Crippen molar-refractivity contribution in [2.75, 3.05) is 32.8 Å². The molecule has 1 aromatic heterocycles. The first-order valence-corrected chi connectivity index (χ1v) is 11.4. The number of guanidine groups is 1. The SMILES string of the molecule is CCNC(=NCCCOCc1ccco1)NCCc1ccc(OCC(=O)NC2CC2)cc1. The number of nitrogens with zero attached hydrogens (tertiary/aromatic N) is 1. The van der Waals surface area contributed by atoms with Crippen molar-refractivity contribution in [1.82, 2.24) is 16.0 Å². The van der Waals surface area contributed by atoms with E-state index in [1.165, 1.54) is 5.56 Å². The topological polar surface area (TPSA) is 97.1 Å². The van der Waals surface area contributed by atoms with Gasteiger partial charge in [-0.25, -0.2) is 0 Å². The third-order valence-corrected chi connectivity index (χ3v) is 4.83. The number of furan rings is 1. The van der Waals surface area contributed by atoms with E-state index < -0.39 is 0 Å². The highest BCUT2D eigenvalue weighted by molar-refractivity contribution is 5.79. The van der Waals surface area contributed by atoms with Crippen molar-refractivity contribution < 1.29 is 18.7 Å². The molecule has 0 atom stereocenters. The molecule has 1 saturated carbocycles. The minimum atomic E-state index is -0.0555. The highest BCUT2D eigenvalue weighted by Gasteiger charge is 2.23. The third kappa shape index (κ3) is 9.43. The number of benzene rings is 1. The third-order valence-electron chi connectivity index (χ3n) is 4.83. The van der Waals surface area contributed by atoms with E-state index in [2.05, 4.69) is 20.9 Å². The number of hydrogen-bond acceptors (Lipinski definition) is 5. The van der Waals surface area contributed by atoms with E-state index in [1.807, 2.05) is 43.3 Å². The fourth-order valence-corrected chi connectivity index (χ4v) is 2.99. The second-order valence-electron chi connectivity index (χ2n) is 7.70. The van der Waals surface area contributed by atoms with Gasteiger partial charge in [0.2, 0.25) is 0 Å². The van der Waals surface area contributed by atoms with E-state index in [-0.39, 0.29) is 12.5 Å². The van der Waals surface area contributed by atoms with Gasteiger partial charge < -0.3 is 29.8 Å². The van der Waals surface area contributed by atoms with Crippen molar-refractivity contribution in [1.29, 1.82) is 0 Å². The Morgan fingerprint density at radius 1 is 1.19 bits per heavy atom. The molecule has 0 radical (unpaired) electrons. The highest BCUT2D eigenvalue weighted by Crippen LogP contribution is 2.18. The first kappa shape index (κ1) is 23.7. The first-order chi connectivity index (χ1) is 15.7. The summed E-state index contributed by atoms with van der Waals surface area (Å²) >= 11 is 0. The summed E-state index contributed by atoms with van der Waals surface area (Å²) in [6.07, 6.45) is 5.51. The van der Waals surface area contributed by atoms with Crippen molar-refractivity contribution in [3.05, 3.63) is 54.0 Å². The Labute approximate surface area is 189 Å². The summed E-state index contributed by atoms with van der Waals surface area (Å²) < 4.78 is 16.4. The molecular weight excluding hydrogens is 408 g/mol. The average Bonchev–Trinajstić information content (AvgIpc) is 3.45. The van der Waals surface area contributed by atoms with Crippen LogP contribution in [0.5, 0.6) is 5.75 Å². The van der Waals surface area contributed by atoms with Gasteiger partial charge in [-0.3, -0.25) is 9.79 Å². The maximum absolute atomic E-state index is 11.7. The predicted octanol–water partition coefficient (Wildman–Crippen LogP) is 2.64. The Morgan fingerprint density at radius 3 is 2.75 bits per heavy atom. The van der Waals surface area contributed by atoms with Gasteiger partial charge in [-0.15, -0.1) is 0 Å². The van der Waals surface area contributed by atoms with E-state index in [1.54, 1.807) is 6.26 Å². The lowest BCUT2D eigenvalue weighted by Crippen LogP contribution is -2.38. The minimum absolute atomic E-state index is 0.0555. The van der Waals surface area contributed by atoms with Crippen LogP contribution in [0, 0.1) is 0 Å². The molecule has 1 fully saturated rings. The number of carbonyl (C=O) groups is 1. The summed E-state index contributed by atoms with van der Waals surface area (Å²) in [7, 11) is 0. The molecule has 2 aromatic rings. The zero-order chi connectivity index (χ0) is 22.4. The van der Waals surface area contributed by atoms with Crippen LogP contribution in [0.2, 0.25) is 0 Å². The number of nitrogens with one attached hydrogen (secondary N) is 3. The summed E-state index contributed by atoms with van der Waals surface area (Å²) in [5.41, 5.74) is 1.19. The fraction of sp³-hybridized carbons (Fsp3) is 0.500. The van der Waals surface area contributed by atoms with Crippen LogP contribution in [-0.2, 0) is 22.6 Å². The number of rotatable bonds is 14. The molecule has 0 saturated heterocycles. The molecular formula is C24H34N4O4. The van der Waals surface area contributed by atoms with E-state index in [0.717, 1.165) is 50.5 Å². The van der Waals surface area contributed by atoms with Gasteiger partial charge in [0.05, 0.1) is 6.26 Å². The van der Waals surface area contributed by atoms with Crippen molar-refractivity contribution in [3.63, 3.8) is 0 Å². The van der Waals surface area contributed by atoms with Crippen LogP contribution in [-0.4, -0.2) is 50.8 Å². The summed E-state index contributed by atoms with van der Waals surface area (Å²) in [6.45, 7) is 5.51. The van der Waals surface area contributed by atoms with E-state index in [4.69, 9.17) is 13.9 Å². The summed E-state index contributed by atoms with van der Waals surface area (Å²) in [5.74, 6) is 2.29. The number of aliphatic imine (C=N–C) groups is 1. The molecule has 3 N–H and O–H groups in total.